The maximum Gasteiger partial charge on any atom is 0.310 e. The summed E-state index contributed by atoms with van der Waals surface area (Å²) in [6, 6.07) is 8.98. The second kappa shape index (κ2) is 8.89. The molecule has 30 heavy (non-hydrogen) atoms. The van der Waals surface area contributed by atoms with Crippen molar-refractivity contribution in [1.82, 2.24) is 9.29 Å². The first-order chi connectivity index (χ1) is 14.5. The number of ether oxygens (including phenoxy) is 1. The molecule has 0 amide bonds. The average Bonchev–Trinajstić information content (AvgIpc) is 2.79. The molecule has 1 aromatic heterocycles. The molecule has 2 saturated heterocycles. The van der Waals surface area contributed by atoms with Crippen molar-refractivity contribution in [2.75, 3.05) is 37.7 Å². The first kappa shape index (κ1) is 21.1. The van der Waals surface area contributed by atoms with Crippen molar-refractivity contribution in [2.45, 2.75) is 43.9 Å². The van der Waals surface area contributed by atoms with Crippen LogP contribution in [0.2, 0.25) is 0 Å². The zero-order valence-electron chi connectivity index (χ0n) is 17.4. The monoisotopic (exact) mass is 431 g/mol. The second-order valence-corrected chi connectivity index (χ2v) is 9.96. The molecule has 2 aliphatic rings. The van der Waals surface area contributed by atoms with Gasteiger partial charge in [-0.05, 0) is 62.9 Å². The van der Waals surface area contributed by atoms with Gasteiger partial charge in [0.1, 0.15) is 5.82 Å². The van der Waals surface area contributed by atoms with Crippen molar-refractivity contribution in [3.8, 4) is 0 Å². The van der Waals surface area contributed by atoms with E-state index in [-0.39, 0.29) is 11.9 Å². The Hall–Kier alpha value is -2.19. The Balaban J connectivity index is 1.55. The number of hydrogen-bond donors (Lipinski definition) is 0. The highest BCUT2D eigenvalue weighted by atomic mass is 32.2. The van der Waals surface area contributed by atoms with E-state index in [1.165, 1.54) is 0 Å². The van der Waals surface area contributed by atoms with Gasteiger partial charge in [-0.15, -0.1) is 0 Å². The zero-order valence-corrected chi connectivity index (χ0v) is 18.2. The maximum atomic E-state index is 13.0. The number of carbonyl (C=O) groups excluding carboxylic acids is 1. The van der Waals surface area contributed by atoms with Gasteiger partial charge in [-0.1, -0.05) is 6.42 Å². The Labute approximate surface area is 178 Å². The number of aromatic nitrogens is 1. The number of piperidine rings is 2. The molecule has 0 bridgehead atoms. The van der Waals surface area contributed by atoms with Crippen LogP contribution in [0.1, 0.15) is 39.0 Å². The summed E-state index contributed by atoms with van der Waals surface area (Å²) in [5.41, 5.74) is 0.753. The van der Waals surface area contributed by atoms with Gasteiger partial charge < -0.3 is 9.64 Å². The van der Waals surface area contributed by atoms with E-state index in [1.54, 1.807) is 22.5 Å². The lowest BCUT2D eigenvalue weighted by Gasteiger charge is -2.32. The Bertz CT molecular complexity index is 1020. The summed E-state index contributed by atoms with van der Waals surface area (Å²) in [7, 11) is -3.46. The molecule has 4 rings (SSSR count). The lowest BCUT2D eigenvalue weighted by atomic mass is 9.98. The van der Waals surface area contributed by atoms with Crippen LogP contribution in [0.15, 0.2) is 35.2 Å². The largest absolute Gasteiger partial charge is 0.466 e. The molecular formula is C22H29N3O4S. The molecule has 3 heterocycles. The van der Waals surface area contributed by atoms with Gasteiger partial charge in [0.05, 0.1) is 22.9 Å². The molecule has 0 N–H and O–H groups in total. The molecule has 0 unspecified atom stereocenters. The molecule has 162 valence electrons. The first-order valence-electron chi connectivity index (χ1n) is 10.8. The van der Waals surface area contributed by atoms with E-state index in [4.69, 9.17) is 9.72 Å². The SMILES string of the molecule is CCOC(=O)[C@H]1CCCN(c2ccc3cc(S(=O)(=O)N4CCCCC4)ccc3n2)C1. The second-order valence-electron chi connectivity index (χ2n) is 8.03. The number of benzene rings is 1. The van der Waals surface area contributed by atoms with Crippen LogP contribution in [0.3, 0.4) is 0 Å². The summed E-state index contributed by atoms with van der Waals surface area (Å²) in [6.07, 6.45) is 4.67. The van der Waals surface area contributed by atoms with Crippen LogP contribution in [0.5, 0.6) is 0 Å². The van der Waals surface area contributed by atoms with Gasteiger partial charge in [0.15, 0.2) is 0 Å². The Morgan fingerprint density at radius 2 is 1.90 bits per heavy atom. The molecule has 2 aromatic rings. The van der Waals surface area contributed by atoms with Gasteiger partial charge in [0.2, 0.25) is 10.0 Å². The van der Waals surface area contributed by atoms with E-state index >= 15 is 0 Å². The average molecular weight is 432 g/mol. The van der Waals surface area contributed by atoms with Crippen molar-refractivity contribution in [2.24, 2.45) is 5.92 Å². The summed E-state index contributed by atoms with van der Waals surface area (Å²) < 4.78 is 32.7. The van der Waals surface area contributed by atoms with Gasteiger partial charge in [-0.25, -0.2) is 13.4 Å². The maximum absolute atomic E-state index is 13.0. The van der Waals surface area contributed by atoms with Crippen molar-refractivity contribution in [3.63, 3.8) is 0 Å². The number of fused-ring (bicyclic) bond motifs is 1. The highest BCUT2D eigenvalue weighted by molar-refractivity contribution is 7.89. The molecular weight excluding hydrogens is 402 g/mol. The summed E-state index contributed by atoms with van der Waals surface area (Å²) >= 11 is 0. The minimum absolute atomic E-state index is 0.131. The molecule has 0 saturated carbocycles. The van der Waals surface area contributed by atoms with Gasteiger partial charge in [0.25, 0.3) is 0 Å². The molecule has 1 atom stereocenters. The van der Waals surface area contributed by atoms with Crippen LogP contribution in [0.4, 0.5) is 5.82 Å². The number of anilines is 1. The van der Waals surface area contributed by atoms with E-state index < -0.39 is 10.0 Å². The molecule has 7 nitrogen and oxygen atoms in total. The fourth-order valence-corrected chi connectivity index (χ4v) is 5.87. The number of rotatable bonds is 5. The zero-order chi connectivity index (χ0) is 21.1. The predicted molar refractivity (Wildman–Crippen MR) is 116 cm³/mol. The van der Waals surface area contributed by atoms with Crippen LogP contribution < -0.4 is 4.90 Å². The van der Waals surface area contributed by atoms with Gasteiger partial charge in [-0.3, -0.25) is 4.79 Å². The minimum Gasteiger partial charge on any atom is -0.466 e. The number of pyridine rings is 1. The molecule has 0 aliphatic carbocycles. The molecule has 0 spiro atoms. The van der Waals surface area contributed by atoms with Gasteiger partial charge >= 0.3 is 5.97 Å². The summed E-state index contributed by atoms with van der Waals surface area (Å²) in [6.45, 7) is 4.84. The number of nitrogens with zero attached hydrogens (tertiary/aromatic N) is 3. The molecule has 1 aromatic carbocycles. The molecule has 2 fully saturated rings. The smallest absolute Gasteiger partial charge is 0.310 e. The van der Waals surface area contributed by atoms with E-state index in [2.05, 4.69) is 4.90 Å². The van der Waals surface area contributed by atoms with E-state index in [0.717, 1.165) is 55.4 Å². The van der Waals surface area contributed by atoms with Crippen molar-refractivity contribution in [3.05, 3.63) is 30.3 Å². The fraction of sp³-hybridized carbons (Fsp3) is 0.545. The minimum atomic E-state index is -3.46. The number of sulfonamides is 1. The topological polar surface area (TPSA) is 79.8 Å². The summed E-state index contributed by atoms with van der Waals surface area (Å²) in [5, 5.41) is 0.802. The van der Waals surface area contributed by atoms with Crippen LogP contribution in [-0.2, 0) is 19.6 Å². The van der Waals surface area contributed by atoms with Crippen molar-refractivity contribution < 1.29 is 17.9 Å². The third kappa shape index (κ3) is 4.30. The third-order valence-corrected chi connectivity index (χ3v) is 7.86. The normalized spacial score (nSPS) is 21.0. The molecule has 0 radical (unpaired) electrons. The van der Waals surface area contributed by atoms with Crippen molar-refractivity contribution in [1.29, 1.82) is 0 Å². The van der Waals surface area contributed by atoms with Crippen LogP contribution in [0, 0.1) is 5.92 Å². The Kier molecular flexibility index (Phi) is 6.24. The molecule has 8 heteroatoms. The Morgan fingerprint density at radius 1 is 1.10 bits per heavy atom. The van der Waals surface area contributed by atoms with Crippen molar-refractivity contribution >= 4 is 32.7 Å². The quantitative estimate of drug-likeness (QED) is 0.677. The number of esters is 1. The number of hydrogen-bond acceptors (Lipinski definition) is 6. The highest BCUT2D eigenvalue weighted by Gasteiger charge is 2.28. The third-order valence-electron chi connectivity index (χ3n) is 5.96. The first-order valence-corrected chi connectivity index (χ1v) is 12.3. The fourth-order valence-electron chi connectivity index (χ4n) is 4.32. The summed E-state index contributed by atoms with van der Waals surface area (Å²) in [4.78, 5) is 19.3. The van der Waals surface area contributed by atoms with Gasteiger partial charge in [0, 0.05) is 31.6 Å². The Morgan fingerprint density at radius 3 is 2.67 bits per heavy atom. The highest BCUT2D eigenvalue weighted by Crippen LogP contribution is 2.27. The lowest BCUT2D eigenvalue weighted by molar-refractivity contribution is -0.148. The van der Waals surface area contributed by atoms with Crippen LogP contribution >= 0.6 is 0 Å². The summed E-state index contributed by atoms with van der Waals surface area (Å²) in [5.74, 6) is 0.534. The number of carbonyl (C=O) groups is 1. The standard InChI is InChI=1S/C22H29N3O4S/c1-2-29-22(26)18-7-6-12-24(16-18)21-11-8-17-15-19(9-10-20(17)23-21)30(27,28)25-13-4-3-5-14-25/h8-11,15,18H,2-7,12-14,16H2,1H3/t18-/m0/s1. The van der Waals surface area contributed by atoms with E-state index in [0.29, 0.717) is 31.1 Å². The van der Waals surface area contributed by atoms with Crippen LogP contribution in [-0.4, -0.2) is 56.5 Å². The van der Waals surface area contributed by atoms with E-state index in [9.17, 15) is 13.2 Å². The van der Waals surface area contributed by atoms with E-state index in [1.807, 2.05) is 19.1 Å². The molecule has 2 aliphatic heterocycles. The lowest BCUT2D eigenvalue weighted by Crippen LogP contribution is -2.39. The van der Waals surface area contributed by atoms with Gasteiger partial charge in [-0.2, -0.15) is 4.31 Å². The predicted octanol–water partition coefficient (Wildman–Crippen LogP) is 3.19. The van der Waals surface area contributed by atoms with Crippen LogP contribution in [0.25, 0.3) is 10.9 Å².